The van der Waals surface area contributed by atoms with Crippen molar-refractivity contribution in [1.29, 1.82) is 0 Å². The molecule has 2 heterocycles. The lowest BCUT2D eigenvalue weighted by atomic mass is 9.75. The molecule has 3 aliphatic rings. The number of hydrogen-bond donors (Lipinski definition) is 0. The van der Waals surface area contributed by atoms with Gasteiger partial charge >= 0.3 is 0 Å². The molecule has 0 radical (unpaired) electrons. The van der Waals surface area contributed by atoms with Gasteiger partial charge in [-0.3, -0.25) is 9.10 Å². The Hall–Kier alpha value is -1.56. The summed E-state index contributed by atoms with van der Waals surface area (Å²) in [6.07, 6.45) is 7.00. The van der Waals surface area contributed by atoms with Gasteiger partial charge in [-0.15, -0.1) is 0 Å². The smallest absolute Gasteiger partial charge is 0.253 e. The molecule has 3 fully saturated rings. The third kappa shape index (κ3) is 3.28. The van der Waals surface area contributed by atoms with Gasteiger partial charge in [-0.2, -0.15) is 0 Å². The molecule has 25 heavy (non-hydrogen) atoms. The number of fused-ring (bicyclic) bond motifs is 1. The molecule has 0 bridgehead atoms. The van der Waals surface area contributed by atoms with Gasteiger partial charge < -0.3 is 4.90 Å². The third-order valence-electron chi connectivity index (χ3n) is 6.08. The number of hydrogen-bond acceptors (Lipinski definition) is 3. The molecule has 6 heteroatoms. The Kier molecular flexibility index (Phi) is 4.48. The van der Waals surface area contributed by atoms with Gasteiger partial charge in [0.1, 0.15) is 0 Å². The first kappa shape index (κ1) is 16.9. The van der Waals surface area contributed by atoms with E-state index in [2.05, 4.69) is 0 Å². The average Bonchev–Trinajstić information content (AvgIpc) is 3.00. The molecule has 1 saturated carbocycles. The van der Waals surface area contributed by atoms with Crippen LogP contribution in [0.15, 0.2) is 24.3 Å². The molecule has 4 rings (SSSR count). The molecule has 1 aromatic rings. The fraction of sp³-hybridized carbons (Fsp3) is 0.632. The van der Waals surface area contributed by atoms with E-state index in [1.54, 1.807) is 24.3 Å². The quantitative estimate of drug-likeness (QED) is 0.813. The second-order valence-corrected chi connectivity index (χ2v) is 9.65. The Morgan fingerprint density at radius 1 is 0.920 bits per heavy atom. The van der Waals surface area contributed by atoms with E-state index >= 15 is 0 Å². The minimum atomic E-state index is -3.17. The SMILES string of the molecule is O=C(c1ccc(N2CCCS2(=O)=O)cc1)N1CC[C@H]2CCCC[C@@H]2C1. The van der Waals surface area contributed by atoms with Crippen LogP contribution in [0.25, 0.3) is 0 Å². The van der Waals surface area contributed by atoms with Crippen molar-refractivity contribution >= 4 is 21.6 Å². The fourth-order valence-electron chi connectivity index (χ4n) is 4.67. The van der Waals surface area contributed by atoms with E-state index in [1.807, 2.05) is 4.90 Å². The number of benzene rings is 1. The predicted octanol–water partition coefficient (Wildman–Crippen LogP) is 2.88. The highest BCUT2D eigenvalue weighted by Gasteiger charge is 2.33. The Morgan fingerprint density at radius 3 is 2.32 bits per heavy atom. The summed E-state index contributed by atoms with van der Waals surface area (Å²) in [5, 5.41) is 0. The lowest BCUT2D eigenvalue weighted by molar-refractivity contribution is 0.0521. The van der Waals surface area contributed by atoms with E-state index in [-0.39, 0.29) is 11.7 Å². The van der Waals surface area contributed by atoms with E-state index in [9.17, 15) is 13.2 Å². The molecule has 0 N–H and O–H groups in total. The molecule has 2 saturated heterocycles. The molecule has 1 amide bonds. The Bertz CT molecular complexity index is 744. The molecular formula is C19H26N2O3S. The number of carbonyl (C=O) groups is 1. The van der Waals surface area contributed by atoms with Crippen LogP contribution in [0, 0.1) is 11.8 Å². The van der Waals surface area contributed by atoms with Crippen molar-refractivity contribution in [3.05, 3.63) is 29.8 Å². The summed E-state index contributed by atoms with van der Waals surface area (Å²) >= 11 is 0. The third-order valence-corrected chi connectivity index (χ3v) is 7.95. The van der Waals surface area contributed by atoms with Crippen molar-refractivity contribution in [2.45, 2.75) is 38.5 Å². The van der Waals surface area contributed by atoms with Crippen molar-refractivity contribution in [2.75, 3.05) is 29.7 Å². The number of piperidine rings is 1. The van der Waals surface area contributed by atoms with Crippen molar-refractivity contribution < 1.29 is 13.2 Å². The Balaban J connectivity index is 1.46. The van der Waals surface area contributed by atoms with E-state index in [4.69, 9.17) is 0 Å². The standard InChI is InChI=1S/C19H26N2O3S/c22-19(20-12-10-15-4-1-2-5-17(15)14-20)16-6-8-18(9-7-16)21-11-3-13-25(21,23)24/h6-9,15,17H,1-5,10-14H2/t15-,17-/m1/s1. The fourth-order valence-corrected chi connectivity index (χ4v) is 6.23. The summed E-state index contributed by atoms with van der Waals surface area (Å²) < 4.78 is 25.5. The van der Waals surface area contributed by atoms with Gasteiger partial charge in [0.05, 0.1) is 11.4 Å². The second-order valence-electron chi connectivity index (χ2n) is 7.63. The summed E-state index contributed by atoms with van der Waals surface area (Å²) in [5.41, 5.74) is 1.33. The number of rotatable bonds is 2. The number of amides is 1. The molecule has 5 nitrogen and oxygen atoms in total. The van der Waals surface area contributed by atoms with Crippen LogP contribution in [0.2, 0.25) is 0 Å². The minimum absolute atomic E-state index is 0.0832. The van der Waals surface area contributed by atoms with E-state index < -0.39 is 10.0 Å². The predicted molar refractivity (Wildman–Crippen MR) is 98.2 cm³/mol. The number of anilines is 1. The number of nitrogens with zero attached hydrogens (tertiary/aromatic N) is 2. The molecule has 0 aromatic heterocycles. The maximum absolute atomic E-state index is 12.8. The van der Waals surface area contributed by atoms with Crippen molar-refractivity contribution in [2.24, 2.45) is 11.8 Å². The monoisotopic (exact) mass is 362 g/mol. The lowest BCUT2D eigenvalue weighted by Gasteiger charge is -2.41. The Labute approximate surface area is 150 Å². The first-order valence-corrected chi connectivity index (χ1v) is 11.1. The highest BCUT2D eigenvalue weighted by molar-refractivity contribution is 7.93. The van der Waals surface area contributed by atoms with Crippen LogP contribution in [-0.4, -0.2) is 44.6 Å². The number of carbonyl (C=O) groups excluding carboxylic acids is 1. The average molecular weight is 362 g/mol. The van der Waals surface area contributed by atoms with Gasteiger partial charge in [0.15, 0.2) is 0 Å². The van der Waals surface area contributed by atoms with E-state index in [0.717, 1.165) is 25.4 Å². The summed E-state index contributed by atoms with van der Waals surface area (Å²) in [4.78, 5) is 14.8. The molecular weight excluding hydrogens is 336 g/mol. The molecule has 1 aliphatic carbocycles. The highest BCUT2D eigenvalue weighted by atomic mass is 32.2. The Morgan fingerprint density at radius 2 is 1.64 bits per heavy atom. The van der Waals surface area contributed by atoms with Crippen LogP contribution in [0.4, 0.5) is 5.69 Å². The summed E-state index contributed by atoms with van der Waals surface area (Å²) in [6, 6.07) is 7.09. The van der Waals surface area contributed by atoms with E-state index in [1.165, 1.54) is 30.0 Å². The van der Waals surface area contributed by atoms with Crippen molar-refractivity contribution in [1.82, 2.24) is 4.90 Å². The normalized spacial score (nSPS) is 28.6. The number of sulfonamides is 1. The van der Waals surface area contributed by atoms with Gasteiger partial charge in [0.25, 0.3) is 5.91 Å². The summed E-state index contributed by atoms with van der Waals surface area (Å²) in [5.74, 6) is 1.77. The topological polar surface area (TPSA) is 57.7 Å². The van der Waals surface area contributed by atoms with Crippen LogP contribution in [0.3, 0.4) is 0 Å². The van der Waals surface area contributed by atoms with Gasteiger partial charge in [-0.05, 0) is 55.4 Å². The van der Waals surface area contributed by atoms with Gasteiger partial charge in [0, 0.05) is 25.2 Å². The maximum atomic E-state index is 12.8. The zero-order valence-electron chi connectivity index (χ0n) is 14.6. The van der Waals surface area contributed by atoms with Crippen LogP contribution in [0.5, 0.6) is 0 Å². The van der Waals surface area contributed by atoms with Gasteiger partial charge in [-0.25, -0.2) is 8.42 Å². The second kappa shape index (κ2) is 6.63. The maximum Gasteiger partial charge on any atom is 0.253 e. The molecule has 2 aliphatic heterocycles. The van der Waals surface area contributed by atoms with Crippen LogP contribution in [0.1, 0.15) is 48.9 Å². The highest BCUT2D eigenvalue weighted by Crippen LogP contribution is 2.36. The van der Waals surface area contributed by atoms with Crippen LogP contribution in [-0.2, 0) is 10.0 Å². The van der Waals surface area contributed by atoms with E-state index in [0.29, 0.717) is 30.1 Å². The molecule has 136 valence electrons. The summed E-state index contributed by atoms with van der Waals surface area (Å²) in [7, 11) is -3.17. The molecule has 0 spiro atoms. The first-order valence-electron chi connectivity index (χ1n) is 9.44. The number of likely N-dealkylation sites (tertiary alicyclic amines) is 1. The summed E-state index contributed by atoms with van der Waals surface area (Å²) in [6.45, 7) is 2.26. The largest absolute Gasteiger partial charge is 0.338 e. The van der Waals surface area contributed by atoms with Crippen molar-refractivity contribution in [3.63, 3.8) is 0 Å². The van der Waals surface area contributed by atoms with Crippen molar-refractivity contribution in [3.8, 4) is 0 Å². The lowest BCUT2D eigenvalue weighted by Crippen LogP contribution is -2.44. The molecule has 2 atom stereocenters. The minimum Gasteiger partial charge on any atom is -0.338 e. The molecule has 0 unspecified atom stereocenters. The van der Waals surface area contributed by atoms with Crippen LogP contribution < -0.4 is 4.31 Å². The zero-order chi connectivity index (χ0) is 17.4. The van der Waals surface area contributed by atoms with Gasteiger partial charge in [-0.1, -0.05) is 19.3 Å². The molecule has 1 aromatic carbocycles. The van der Waals surface area contributed by atoms with Gasteiger partial charge in [0.2, 0.25) is 10.0 Å². The van der Waals surface area contributed by atoms with Crippen LogP contribution >= 0.6 is 0 Å². The zero-order valence-corrected chi connectivity index (χ0v) is 15.4. The first-order chi connectivity index (χ1) is 12.0.